The van der Waals surface area contributed by atoms with Gasteiger partial charge in [-0.2, -0.15) is 5.10 Å². The summed E-state index contributed by atoms with van der Waals surface area (Å²) in [6.07, 6.45) is 1.40. The molecule has 3 N–H and O–H groups in total. The van der Waals surface area contributed by atoms with Gasteiger partial charge in [0.05, 0.1) is 24.6 Å². The number of hydrogen-bond acceptors (Lipinski definition) is 5. The van der Waals surface area contributed by atoms with Gasteiger partial charge in [-0.15, -0.1) is 0 Å². The maximum atomic E-state index is 15.3. The first-order valence-electron chi connectivity index (χ1n) is 11.7. The molecule has 1 aliphatic heterocycles. The lowest BCUT2D eigenvalue weighted by atomic mass is 9.94. The number of amides is 2. The van der Waals surface area contributed by atoms with Crippen molar-refractivity contribution in [2.24, 2.45) is 0 Å². The summed E-state index contributed by atoms with van der Waals surface area (Å²) in [7, 11) is 1.51. The molecule has 0 spiro atoms. The second-order valence-electron chi connectivity index (χ2n) is 8.56. The van der Waals surface area contributed by atoms with Gasteiger partial charge in [-0.3, -0.25) is 9.59 Å². The molecular weight excluding hydrogens is 553 g/mol. The first-order valence-corrected chi connectivity index (χ1v) is 12.5. The molecular formula is C28H23BrFN5O3. The summed E-state index contributed by atoms with van der Waals surface area (Å²) < 4.78 is 22.7. The Morgan fingerprint density at radius 2 is 1.76 bits per heavy atom. The summed E-state index contributed by atoms with van der Waals surface area (Å²) in [5, 5.41) is 13.3. The van der Waals surface area contributed by atoms with Crippen LogP contribution in [0.3, 0.4) is 0 Å². The Morgan fingerprint density at radius 3 is 2.53 bits per heavy atom. The number of nitrogens with one attached hydrogen (secondary N) is 3. The van der Waals surface area contributed by atoms with Gasteiger partial charge in [0.1, 0.15) is 29.0 Å². The molecule has 2 heterocycles. The number of allylic oxidation sites excluding steroid dienone is 1. The summed E-state index contributed by atoms with van der Waals surface area (Å²) in [5.74, 6) is -0.567. The first kappa shape index (κ1) is 25.2. The van der Waals surface area contributed by atoms with Crippen molar-refractivity contribution in [1.82, 2.24) is 9.78 Å². The molecule has 10 heteroatoms. The molecule has 1 aromatic heterocycles. The number of rotatable bonds is 6. The van der Waals surface area contributed by atoms with E-state index < -0.39 is 23.7 Å². The molecule has 192 valence electrons. The number of hydrogen-bond donors (Lipinski definition) is 3. The average molecular weight is 576 g/mol. The summed E-state index contributed by atoms with van der Waals surface area (Å²) in [6.45, 7) is 1.70. The van der Waals surface area contributed by atoms with Crippen LogP contribution in [0.4, 0.5) is 21.6 Å². The maximum Gasteiger partial charge on any atom is 0.261 e. The van der Waals surface area contributed by atoms with Crippen LogP contribution in [0.15, 0.2) is 94.7 Å². The van der Waals surface area contributed by atoms with Crippen LogP contribution in [0.1, 0.15) is 28.9 Å². The van der Waals surface area contributed by atoms with Crippen LogP contribution in [0, 0.1) is 5.82 Å². The van der Waals surface area contributed by atoms with Gasteiger partial charge < -0.3 is 20.7 Å². The highest BCUT2D eigenvalue weighted by molar-refractivity contribution is 9.10. The van der Waals surface area contributed by atoms with Crippen molar-refractivity contribution in [2.45, 2.75) is 13.0 Å². The zero-order valence-corrected chi connectivity index (χ0v) is 22.0. The third kappa shape index (κ3) is 4.78. The van der Waals surface area contributed by atoms with Gasteiger partial charge in [-0.05, 0) is 49.4 Å². The maximum absolute atomic E-state index is 15.3. The normalized spacial score (nSPS) is 14.4. The number of aromatic nitrogens is 2. The van der Waals surface area contributed by atoms with E-state index in [4.69, 9.17) is 4.74 Å². The fourth-order valence-electron chi connectivity index (χ4n) is 4.38. The van der Waals surface area contributed by atoms with Crippen molar-refractivity contribution < 1.29 is 18.7 Å². The van der Waals surface area contributed by atoms with Crippen molar-refractivity contribution in [3.05, 3.63) is 112 Å². The quantitative estimate of drug-likeness (QED) is 0.263. The lowest BCUT2D eigenvalue weighted by Gasteiger charge is -2.30. The third-order valence-electron chi connectivity index (χ3n) is 6.15. The standard InChI is InChI=1S/C28H23BrFN5O3/c1-16-24(28(37)34-22-10-6-7-11-23(22)38-2)25(19-14-17(29)12-13-21(19)30)35-26(32-16)20(15-31-35)27(36)33-18-8-4-3-5-9-18/h3-15,25,32H,1-2H3,(H,33,36)(H,34,37)/t25-/m0/s1. The molecule has 1 aliphatic rings. The molecule has 0 aliphatic carbocycles. The Kier molecular flexibility index (Phi) is 6.97. The monoisotopic (exact) mass is 575 g/mol. The van der Waals surface area contributed by atoms with Crippen molar-refractivity contribution in [3.63, 3.8) is 0 Å². The number of benzene rings is 3. The van der Waals surface area contributed by atoms with Gasteiger partial charge in [0, 0.05) is 21.4 Å². The van der Waals surface area contributed by atoms with E-state index in [1.807, 2.05) is 18.2 Å². The van der Waals surface area contributed by atoms with Gasteiger partial charge in [0.15, 0.2) is 0 Å². The second kappa shape index (κ2) is 10.5. The molecule has 3 aromatic carbocycles. The van der Waals surface area contributed by atoms with Gasteiger partial charge in [0.25, 0.3) is 11.8 Å². The van der Waals surface area contributed by atoms with Crippen LogP contribution in [0.5, 0.6) is 5.75 Å². The third-order valence-corrected chi connectivity index (χ3v) is 6.65. The Balaban J connectivity index is 1.59. The van der Waals surface area contributed by atoms with E-state index in [1.165, 1.54) is 24.1 Å². The van der Waals surface area contributed by atoms with Crippen LogP contribution in [0.2, 0.25) is 0 Å². The summed E-state index contributed by atoms with van der Waals surface area (Å²) in [6, 6.07) is 19.5. The number of carbonyl (C=O) groups excluding carboxylic acids is 2. The van der Waals surface area contributed by atoms with Crippen molar-refractivity contribution in [2.75, 3.05) is 23.1 Å². The molecule has 4 aromatic rings. The van der Waals surface area contributed by atoms with E-state index >= 15 is 4.39 Å². The van der Waals surface area contributed by atoms with Crippen LogP contribution in [-0.2, 0) is 4.79 Å². The Labute approximate surface area is 226 Å². The highest BCUT2D eigenvalue weighted by Gasteiger charge is 2.37. The van der Waals surface area contributed by atoms with Gasteiger partial charge in [-0.25, -0.2) is 9.07 Å². The zero-order valence-electron chi connectivity index (χ0n) is 20.5. The summed E-state index contributed by atoms with van der Waals surface area (Å²) >= 11 is 3.40. The SMILES string of the molecule is COc1ccccc1NC(=O)C1=C(C)Nc2c(C(=O)Nc3ccccc3)cnn2[C@H]1c1cc(Br)ccc1F. The number of fused-ring (bicyclic) bond motifs is 1. The van der Waals surface area contributed by atoms with Crippen LogP contribution >= 0.6 is 15.9 Å². The van der Waals surface area contributed by atoms with Crippen molar-refractivity contribution in [1.29, 1.82) is 0 Å². The molecule has 0 saturated carbocycles. The lowest BCUT2D eigenvalue weighted by Crippen LogP contribution is -2.32. The second-order valence-corrected chi connectivity index (χ2v) is 9.47. The van der Waals surface area contributed by atoms with Gasteiger partial charge >= 0.3 is 0 Å². The number of ether oxygens (including phenoxy) is 1. The largest absolute Gasteiger partial charge is 0.495 e. The molecule has 0 fully saturated rings. The van der Waals surface area contributed by atoms with Crippen LogP contribution in [0.25, 0.3) is 0 Å². The molecule has 0 unspecified atom stereocenters. The Bertz CT molecular complexity index is 1570. The number of nitrogens with zero attached hydrogens (tertiary/aromatic N) is 2. The van der Waals surface area contributed by atoms with Gasteiger partial charge in [-0.1, -0.05) is 46.3 Å². The number of anilines is 3. The minimum atomic E-state index is -0.961. The molecule has 1 atom stereocenters. The topological polar surface area (TPSA) is 97.3 Å². The molecule has 0 bridgehead atoms. The molecule has 0 radical (unpaired) electrons. The highest BCUT2D eigenvalue weighted by Crippen LogP contribution is 2.40. The Morgan fingerprint density at radius 1 is 1.03 bits per heavy atom. The van der Waals surface area contributed by atoms with Crippen molar-refractivity contribution >= 4 is 44.9 Å². The van der Waals surface area contributed by atoms with Crippen LogP contribution in [-0.4, -0.2) is 28.7 Å². The highest BCUT2D eigenvalue weighted by atomic mass is 79.9. The predicted octanol–water partition coefficient (Wildman–Crippen LogP) is 5.97. The van der Waals surface area contributed by atoms with E-state index in [0.29, 0.717) is 33.1 Å². The van der Waals surface area contributed by atoms with E-state index in [1.54, 1.807) is 55.5 Å². The van der Waals surface area contributed by atoms with E-state index in [2.05, 4.69) is 37.0 Å². The Hall–Kier alpha value is -4.44. The van der Waals surface area contributed by atoms with Crippen LogP contribution < -0.4 is 20.7 Å². The molecule has 38 heavy (non-hydrogen) atoms. The molecule has 0 saturated heterocycles. The van der Waals surface area contributed by atoms with Crippen molar-refractivity contribution in [3.8, 4) is 5.75 Å². The van der Waals surface area contributed by atoms with E-state index in [9.17, 15) is 9.59 Å². The minimum Gasteiger partial charge on any atom is -0.495 e. The fraction of sp³-hybridized carbons (Fsp3) is 0.107. The van der Waals surface area contributed by atoms with E-state index in [-0.39, 0.29) is 16.7 Å². The average Bonchev–Trinajstić information content (AvgIpc) is 3.33. The number of para-hydroxylation sites is 3. The number of carbonyl (C=O) groups is 2. The molecule has 8 nitrogen and oxygen atoms in total. The fourth-order valence-corrected chi connectivity index (χ4v) is 4.76. The molecule has 5 rings (SSSR count). The van der Waals surface area contributed by atoms with E-state index in [0.717, 1.165) is 0 Å². The summed E-state index contributed by atoms with van der Waals surface area (Å²) in [5.41, 5.74) is 2.22. The lowest BCUT2D eigenvalue weighted by molar-refractivity contribution is -0.113. The first-order chi connectivity index (χ1) is 18.4. The van der Waals surface area contributed by atoms with Gasteiger partial charge in [0.2, 0.25) is 0 Å². The zero-order chi connectivity index (χ0) is 26.8. The predicted molar refractivity (Wildman–Crippen MR) is 147 cm³/mol. The number of methoxy groups -OCH3 is 1. The smallest absolute Gasteiger partial charge is 0.261 e. The minimum absolute atomic E-state index is 0.213. The molecule has 2 amide bonds. The number of halogens is 2. The summed E-state index contributed by atoms with van der Waals surface area (Å²) in [4.78, 5) is 26.8.